The number of benzene rings is 2. The summed E-state index contributed by atoms with van der Waals surface area (Å²) < 4.78 is 27.3. The first-order valence-electron chi connectivity index (χ1n) is 10.3. The molecule has 2 amide bonds. The molecule has 0 fully saturated rings. The summed E-state index contributed by atoms with van der Waals surface area (Å²) in [5.74, 6) is -1.64. The lowest BCUT2D eigenvalue weighted by Crippen LogP contribution is -2.34. The molecule has 0 aliphatic rings. The van der Waals surface area contributed by atoms with Gasteiger partial charge in [0.25, 0.3) is 11.8 Å². The summed E-state index contributed by atoms with van der Waals surface area (Å²) in [6.07, 6.45) is 0.453. The topological polar surface area (TPSA) is 145 Å². The SMILES string of the molecule is CC(C)(C)c1ccc(C(=O)NCC(=O)OCC(=O)NCCc2ccc(S(N)(=O)=O)cc2)cc1. The van der Waals surface area contributed by atoms with Crippen LogP contribution in [-0.4, -0.2) is 45.9 Å². The molecule has 0 aromatic heterocycles. The third-order valence-electron chi connectivity index (χ3n) is 4.76. The summed E-state index contributed by atoms with van der Waals surface area (Å²) >= 11 is 0. The van der Waals surface area contributed by atoms with E-state index in [1.54, 1.807) is 24.3 Å². The average Bonchev–Trinajstić information content (AvgIpc) is 2.75. The summed E-state index contributed by atoms with van der Waals surface area (Å²) in [5.41, 5.74) is 2.28. The zero-order valence-corrected chi connectivity index (χ0v) is 19.7. The maximum atomic E-state index is 12.2. The molecule has 0 unspecified atom stereocenters. The number of rotatable bonds is 9. The van der Waals surface area contributed by atoms with Gasteiger partial charge >= 0.3 is 5.97 Å². The second-order valence-corrected chi connectivity index (χ2v) is 10.0. The van der Waals surface area contributed by atoms with Crippen LogP contribution in [-0.2, 0) is 36.2 Å². The molecular formula is C23H29N3O6S. The molecular weight excluding hydrogens is 446 g/mol. The number of carbonyl (C=O) groups excluding carboxylic acids is 3. The van der Waals surface area contributed by atoms with Crippen molar-refractivity contribution in [2.45, 2.75) is 37.5 Å². The van der Waals surface area contributed by atoms with E-state index in [0.717, 1.165) is 11.1 Å². The van der Waals surface area contributed by atoms with E-state index >= 15 is 0 Å². The fourth-order valence-electron chi connectivity index (χ4n) is 2.82. The maximum absolute atomic E-state index is 12.2. The first-order valence-corrected chi connectivity index (χ1v) is 11.8. The fourth-order valence-corrected chi connectivity index (χ4v) is 3.33. The molecule has 2 rings (SSSR count). The molecule has 0 spiro atoms. The van der Waals surface area contributed by atoms with Crippen molar-refractivity contribution in [3.05, 3.63) is 65.2 Å². The molecule has 0 aliphatic carbocycles. The van der Waals surface area contributed by atoms with Gasteiger partial charge < -0.3 is 15.4 Å². The number of amides is 2. The predicted molar refractivity (Wildman–Crippen MR) is 123 cm³/mol. The fraction of sp³-hybridized carbons (Fsp3) is 0.348. The Kier molecular flexibility index (Phi) is 8.72. The summed E-state index contributed by atoms with van der Waals surface area (Å²) in [6, 6.07) is 13.1. The van der Waals surface area contributed by atoms with Crippen molar-refractivity contribution in [1.29, 1.82) is 0 Å². The molecule has 0 radical (unpaired) electrons. The summed E-state index contributed by atoms with van der Waals surface area (Å²) in [7, 11) is -3.75. The number of esters is 1. The highest BCUT2D eigenvalue weighted by Crippen LogP contribution is 2.22. The van der Waals surface area contributed by atoms with Gasteiger partial charge in [-0.05, 0) is 47.2 Å². The van der Waals surface area contributed by atoms with E-state index in [1.165, 1.54) is 12.1 Å². The van der Waals surface area contributed by atoms with Crippen LogP contribution in [0.2, 0.25) is 0 Å². The Morgan fingerprint density at radius 2 is 1.55 bits per heavy atom. The van der Waals surface area contributed by atoms with Crippen molar-refractivity contribution in [2.24, 2.45) is 5.14 Å². The first kappa shape index (κ1) is 26.0. The zero-order chi connectivity index (χ0) is 24.6. The lowest BCUT2D eigenvalue weighted by molar-refractivity contribution is -0.147. The van der Waals surface area contributed by atoms with Crippen LogP contribution in [0.5, 0.6) is 0 Å². The molecule has 4 N–H and O–H groups in total. The van der Waals surface area contributed by atoms with Crippen LogP contribution in [0.1, 0.15) is 42.3 Å². The highest BCUT2D eigenvalue weighted by molar-refractivity contribution is 7.89. The average molecular weight is 476 g/mol. The van der Waals surface area contributed by atoms with Crippen LogP contribution in [0.15, 0.2) is 53.4 Å². The molecule has 0 heterocycles. The minimum Gasteiger partial charge on any atom is -0.454 e. The van der Waals surface area contributed by atoms with Crippen LogP contribution in [0.4, 0.5) is 0 Å². The van der Waals surface area contributed by atoms with Crippen molar-refractivity contribution in [1.82, 2.24) is 10.6 Å². The van der Waals surface area contributed by atoms with Gasteiger partial charge in [-0.25, -0.2) is 13.6 Å². The molecule has 0 aliphatic heterocycles. The van der Waals surface area contributed by atoms with E-state index in [9.17, 15) is 22.8 Å². The highest BCUT2D eigenvalue weighted by Gasteiger charge is 2.15. The van der Waals surface area contributed by atoms with Gasteiger partial charge in [0, 0.05) is 12.1 Å². The van der Waals surface area contributed by atoms with Crippen LogP contribution >= 0.6 is 0 Å². The Bertz CT molecular complexity index is 1090. The lowest BCUT2D eigenvalue weighted by atomic mass is 9.87. The van der Waals surface area contributed by atoms with Crippen molar-refractivity contribution < 1.29 is 27.5 Å². The summed E-state index contributed by atoms with van der Waals surface area (Å²) in [5, 5.41) is 10.1. The van der Waals surface area contributed by atoms with Crippen LogP contribution in [0.3, 0.4) is 0 Å². The second-order valence-electron chi connectivity index (χ2n) is 8.46. The number of sulfonamides is 1. The number of nitrogens with two attached hydrogens (primary N) is 1. The molecule has 33 heavy (non-hydrogen) atoms. The third-order valence-corrected chi connectivity index (χ3v) is 5.69. The van der Waals surface area contributed by atoms with Gasteiger partial charge in [0.2, 0.25) is 10.0 Å². The normalized spacial score (nSPS) is 11.5. The number of ether oxygens (including phenoxy) is 1. The van der Waals surface area contributed by atoms with E-state index in [0.29, 0.717) is 12.0 Å². The van der Waals surface area contributed by atoms with E-state index in [-0.39, 0.29) is 23.4 Å². The molecule has 0 bridgehead atoms. The van der Waals surface area contributed by atoms with Gasteiger partial charge in [-0.2, -0.15) is 0 Å². The molecule has 2 aromatic rings. The maximum Gasteiger partial charge on any atom is 0.325 e. The number of carbonyl (C=O) groups is 3. The van der Waals surface area contributed by atoms with Crippen molar-refractivity contribution >= 4 is 27.8 Å². The smallest absolute Gasteiger partial charge is 0.325 e. The second kappa shape index (κ2) is 11.1. The molecule has 178 valence electrons. The molecule has 0 atom stereocenters. The van der Waals surface area contributed by atoms with E-state index in [1.807, 2.05) is 12.1 Å². The van der Waals surface area contributed by atoms with Gasteiger partial charge in [0.1, 0.15) is 6.54 Å². The van der Waals surface area contributed by atoms with Crippen molar-refractivity contribution in [3.63, 3.8) is 0 Å². The van der Waals surface area contributed by atoms with E-state index in [2.05, 4.69) is 31.4 Å². The predicted octanol–water partition coefficient (Wildman–Crippen LogP) is 1.26. The number of hydrogen-bond acceptors (Lipinski definition) is 6. The van der Waals surface area contributed by atoms with Crippen LogP contribution < -0.4 is 15.8 Å². The number of primary sulfonamides is 1. The van der Waals surface area contributed by atoms with Gasteiger partial charge in [-0.15, -0.1) is 0 Å². The number of hydrogen-bond donors (Lipinski definition) is 3. The van der Waals surface area contributed by atoms with Gasteiger partial charge in [0.05, 0.1) is 4.90 Å². The van der Waals surface area contributed by atoms with E-state index < -0.39 is 34.4 Å². The molecule has 0 saturated carbocycles. The molecule has 10 heteroatoms. The Balaban J connectivity index is 1.67. The minimum atomic E-state index is -3.75. The Hall–Kier alpha value is -3.24. The van der Waals surface area contributed by atoms with Crippen molar-refractivity contribution in [3.8, 4) is 0 Å². The Labute approximate surface area is 193 Å². The minimum absolute atomic E-state index is 0.0104. The summed E-state index contributed by atoms with van der Waals surface area (Å²) in [4.78, 5) is 35.8. The Morgan fingerprint density at radius 1 is 0.939 bits per heavy atom. The molecule has 9 nitrogen and oxygen atoms in total. The third kappa shape index (κ3) is 8.66. The lowest BCUT2D eigenvalue weighted by Gasteiger charge is -2.19. The van der Waals surface area contributed by atoms with E-state index in [4.69, 9.17) is 9.88 Å². The van der Waals surface area contributed by atoms with Crippen LogP contribution in [0.25, 0.3) is 0 Å². The summed E-state index contributed by atoms with van der Waals surface area (Å²) in [6.45, 7) is 5.65. The molecule has 2 aromatic carbocycles. The largest absolute Gasteiger partial charge is 0.454 e. The monoisotopic (exact) mass is 475 g/mol. The van der Waals surface area contributed by atoms with Gasteiger partial charge in [-0.3, -0.25) is 14.4 Å². The standard InChI is InChI=1S/C23H29N3O6S/c1-23(2,3)18-8-6-17(7-9-18)22(29)26-14-21(28)32-15-20(27)25-13-12-16-4-10-19(11-5-16)33(24,30)31/h4-11H,12-15H2,1-3H3,(H,25,27)(H,26,29)(H2,24,30,31). The zero-order valence-electron chi connectivity index (χ0n) is 18.9. The Morgan fingerprint density at radius 3 is 2.09 bits per heavy atom. The molecule has 0 saturated heterocycles. The number of nitrogens with one attached hydrogen (secondary N) is 2. The first-order chi connectivity index (χ1) is 15.4. The highest BCUT2D eigenvalue weighted by atomic mass is 32.2. The quantitative estimate of drug-likeness (QED) is 0.466. The van der Waals surface area contributed by atoms with Gasteiger partial charge in [0.15, 0.2) is 6.61 Å². The van der Waals surface area contributed by atoms with Crippen molar-refractivity contribution in [2.75, 3.05) is 19.7 Å². The van der Waals surface area contributed by atoms with Crippen LogP contribution in [0, 0.1) is 0 Å². The van der Waals surface area contributed by atoms with Gasteiger partial charge in [-0.1, -0.05) is 45.0 Å².